The van der Waals surface area contributed by atoms with Crippen molar-refractivity contribution in [2.75, 3.05) is 0 Å². The van der Waals surface area contributed by atoms with Gasteiger partial charge in [0.2, 0.25) is 5.70 Å². The quantitative estimate of drug-likeness (QED) is 0.418. The predicted octanol–water partition coefficient (Wildman–Crippen LogP) is 0.508. The van der Waals surface area contributed by atoms with Crippen molar-refractivity contribution < 1.29 is 19.5 Å². The van der Waals surface area contributed by atoms with E-state index >= 15 is 0 Å². The van der Waals surface area contributed by atoms with E-state index in [-0.39, 0.29) is 6.61 Å². The van der Waals surface area contributed by atoms with Crippen LogP contribution in [0.5, 0.6) is 0 Å². The molecule has 0 saturated carbocycles. The van der Waals surface area contributed by atoms with Gasteiger partial charge in [-0.3, -0.25) is 4.84 Å². The van der Waals surface area contributed by atoms with Crippen LogP contribution in [0.1, 0.15) is 5.56 Å². The number of carboxylic acid groups (broad SMARTS) is 1. The van der Waals surface area contributed by atoms with Gasteiger partial charge in [0, 0.05) is 0 Å². The molecule has 0 saturated heterocycles. The lowest BCUT2D eigenvalue weighted by Crippen LogP contribution is -2.21. The van der Waals surface area contributed by atoms with E-state index in [1.54, 1.807) is 0 Å². The van der Waals surface area contributed by atoms with Crippen LogP contribution in [0.3, 0.4) is 0 Å². The third-order valence-electron chi connectivity index (χ3n) is 1.57. The normalized spacial score (nSPS) is 9.07. The molecule has 0 aliphatic rings. The van der Waals surface area contributed by atoms with E-state index < -0.39 is 11.7 Å². The molecule has 0 unspecified atom stereocenters. The molecule has 1 aromatic carbocycles. The standard InChI is InChI=1S/C10H9NO4/c12-6-9(10(13)14)11-15-7-8-4-2-1-3-5-8/h1-5,11H,7H2,(H,13,14). The monoisotopic (exact) mass is 207 g/mol. The Bertz CT molecular complexity index is 382. The van der Waals surface area contributed by atoms with Gasteiger partial charge in [0.1, 0.15) is 0 Å². The number of nitrogens with one attached hydrogen (secondary N) is 1. The average molecular weight is 207 g/mol. The van der Waals surface area contributed by atoms with Gasteiger partial charge in [-0.1, -0.05) is 30.3 Å². The number of benzene rings is 1. The van der Waals surface area contributed by atoms with Gasteiger partial charge < -0.3 is 5.11 Å². The highest BCUT2D eigenvalue weighted by Gasteiger charge is 2.07. The molecular weight excluding hydrogens is 198 g/mol. The van der Waals surface area contributed by atoms with E-state index in [1.807, 2.05) is 35.8 Å². The SMILES string of the molecule is O=C=C(NOCc1ccccc1)C(=O)O. The van der Waals surface area contributed by atoms with E-state index in [0.717, 1.165) is 5.56 Å². The highest BCUT2D eigenvalue weighted by molar-refractivity contribution is 5.94. The van der Waals surface area contributed by atoms with Crippen molar-refractivity contribution in [1.82, 2.24) is 5.48 Å². The van der Waals surface area contributed by atoms with Gasteiger partial charge >= 0.3 is 5.97 Å². The third-order valence-corrected chi connectivity index (χ3v) is 1.57. The van der Waals surface area contributed by atoms with Crippen molar-refractivity contribution in [2.45, 2.75) is 6.61 Å². The molecule has 0 aliphatic heterocycles. The molecule has 0 radical (unpaired) electrons. The number of rotatable bonds is 5. The maximum Gasteiger partial charge on any atom is 0.365 e. The largest absolute Gasteiger partial charge is 0.476 e. The van der Waals surface area contributed by atoms with Crippen LogP contribution < -0.4 is 5.48 Å². The van der Waals surface area contributed by atoms with Crippen LogP contribution in [0.25, 0.3) is 0 Å². The Kier molecular flexibility index (Phi) is 4.09. The lowest BCUT2D eigenvalue weighted by molar-refractivity contribution is -0.134. The van der Waals surface area contributed by atoms with Crippen LogP contribution in [-0.2, 0) is 21.0 Å². The van der Waals surface area contributed by atoms with Gasteiger partial charge in [-0.25, -0.2) is 15.1 Å². The molecule has 0 aliphatic carbocycles. The third kappa shape index (κ3) is 3.64. The summed E-state index contributed by atoms with van der Waals surface area (Å²) in [6, 6.07) is 9.13. The average Bonchev–Trinajstić information content (AvgIpc) is 2.25. The Morgan fingerprint density at radius 1 is 1.40 bits per heavy atom. The zero-order chi connectivity index (χ0) is 11.1. The second-order valence-electron chi connectivity index (χ2n) is 2.66. The van der Waals surface area contributed by atoms with Crippen LogP contribution in [-0.4, -0.2) is 17.0 Å². The van der Waals surface area contributed by atoms with Crippen molar-refractivity contribution in [3.8, 4) is 0 Å². The van der Waals surface area contributed by atoms with Crippen LogP contribution in [0.15, 0.2) is 36.0 Å². The minimum absolute atomic E-state index is 0.166. The first-order valence-corrected chi connectivity index (χ1v) is 4.14. The fraction of sp³-hybridized carbons (Fsp3) is 0.100. The topological polar surface area (TPSA) is 75.6 Å². The highest BCUT2D eigenvalue weighted by Crippen LogP contribution is 1.99. The molecule has 0 spiro atoms. The molecular formula is C10H9NO4. The molecule has 0 aromatic heterocycles. The number of hydrogen-bond acceptors (Lipinski definition) is 4. The predicted molar refractivity (Wildman–Crippen MR) is 51.2 cm³/mol. The molecule has 5 nitrogen and oxygen atoms in total. The Hall–Kier alpha value is -2.10. The van der Waals surface area contributed by atoms with Gasteiger partial charge in [0.05, 0.1) is 6.61 Å². The summed E-state index contributed by atoms with van der Waals surface area (Å²) in [6.07, 6.45) is 0. The molecule has 5 heteroatoms. The smallest absolute Gasteiger partial charge is 0.365 e. The van der Waals surface area contributed by atoms with Gasteiger partial charge in [-0.2, -0.15) is 0 Å². The molecule has 0 amide bonds. The Morgan fingerprint density at radius 3 is 2.60 bits per heavy atom. The minimum atomic E-state index is -1.40. The lowest BCUT2D eigenvalue weighted by Gasteiger charge is -2.04. The summed E-state index contributed by atoms with van der Waals surface area (Å²) in [5.41, 5.74) is 2.23. The summed E-state index contributed by atoms with van der Waals surface area (Å²) in [5, 5.41) is 8.43. The lowest BCUT2D eigenvalue weighted by atomic mass is 10.2. The Labute approximate surface area is 85.9 Å². The van der Waals surface area contributed by atoms with Crippen molar-refractivity contribution in [3.63, 3.8) is 0 Å². The first-order chi connectivity index (χ1) is 7.24. The summed E-state index contributed by atoms with van der Waals surface area (Å²) in [4.78, 5) is 25.2. The van der Waals surface area contributed by atoms with E-state index in [0.29, 0.717) is 0 Å². The zero-order valence-electron chi connectivity index (χ0n) is 7.77. The molecule has 2 N–H and O–H groups in total. The maximum atomic E-state index is 10.3. The van der Waals surface area contributed by atoms with Crippen LogP contribution in [0.4, 0.5) is 0 Å². The Balaban J connectivity index is 2.40. The van der Waals surface area contributed by atoms with E-state index in [4.69, 9.17) is 9.94 Å². The van der Waals surface area contributed by atoms with E-state index in [9.17, 15) is 9.59 Å². The summed E-state index contributed by atoms with van der Waals surface area (Å²) in [7, 11) is 0. The summed E-state index contributed by atoms with van der Waals surface area (Å²) >= 11 is 0. The van der Waals surface area contributed by atoms with Crippen molar-refractivity contribution >= 4 is 11.9 Å². The van der Waals surface area contributed by atoms with E-state index in [1.165, 1.54) is 5.94 Å². The van der Waals surface area contributed by atoms with Gasteiger partial charge in [-0.05, 0) is 5.56 Å². The molecule has 0 atom stereocenters. The number of carbonyl (C=O) groups excluding carboxylic acids is 1. The van der Waals surface area contributed by atoms with Crippen LogP contribution >= 0.6 is 0 Å². The summed E-state index contributed by atoms with van der Waals surface area (Å²) in [6.45, 7) is 0.166. The fourth-order valence-corrected chi connectivity index (χ4v) is 0.874. The van der Waals surface area contributed by atoms with Crippen molar-refractivity contribution in [1.29, 1.82) is 0 Å². The zero-order valence-corrected chi connectivity index (χ0v) is 7.77. The molecule has 0 bridgehead atoms. The van der Waals surface area contributed by atoms with Crippen molar-refractivity contribution in [2.24, 2.45) is 0 Å². The number of carboxylic acids is 1. The first kappa shape index (κ1) is 11.0. The number of hydroxylamine groups is 1. The van der Waals surface area contributed by atoms with Gasteiger partial charge in [-0.15, -0.1) is 0 Å². The second kappa shape index (κ2) is 5.59. The molecule has 1 rings (SSSR count). The molecule has 15 heavy (non-hydrogen) atoms. The van der Waals surface area contributed by atoms with Gasteiger partial charge in [0.15, 0.2) is 5.94 Å². The van der Waals surface area contributed by atoms with E-state index in [2.05, 4.69) is 0 Å². The first-order valence-electron chi connectivity index (χ1n) is 4.14. The Morgan fingerprint density at radius 2 is 2.07 bits per heavy atom. The van der Waals surface area contributed by atoms with Crippen LogP contribution in [0.2, 0.25) is 0 Å². The highest BCUT2D eigenvalue weighted by atomic mass is 16.6. The minimum Gasteiger partial charge on any atom is -0.476 e. The van der Waals surface area contributed by atoms with Crippen molar-refractivity contribution in [3.05, 3.63) is 41.6 Å². The number of hydrogen-bond donors (Lipinski definition) is 2. The molecule has 1 aromatic rings. The molecule has 0 fully saturated rings. The molecule has 0 heterocycles. The maximum absolute atomic E-state index is 10.3. The number of carbonyl (C=O) groups is 1. The fourth-order valence-electron chi connectivity index (χ4n) is 0.874. The summed E-state index contributed by atoms with van der Waals surface area (Å²) < 4.78 is 0. The van der Waals surface area contributed by atoms with Crippen LogP contribution in [0, 0.1) is 0 Å². The number of aliphatic carboxylic acids is 1. The summed E-state index contributed by atoms with van der Waals surface area (Å²) in [5.74, 6) is -0.186. The second-order valence-corrected chi connectivity index (χ2v) is 2.66. The van der Waals surface area contributed by atoms with Gasteiger partial charge in [0.25, 0.3) is 0 Å². The molecule has 78 valence electrons.